The zero-order valence-electron chi connectivity index (χ0n) is 27.3. The van der Waals surface area contributed by atoms with Crippen LogP contribution in [-0.4, -0.2) is 62.4 Å². The molecule has 0 saturated carbocycles. The third-order valence-electron chi connectivity index (χ3n) is 8.66. The molecule has 2 aromatic rings. The number of nitrogens with zero attached hydrogens (tertiary/aromatic N) is 2. The first-order valence-electron chi connectivity index (χ1n) is 16.4. The normalized spacial score (nSPS) is 17.3. The Morgan fingerprint density at radius 2 is 1.58 bits per heavy atom. The van der Waals surface area contributed by atoms with Crippen LogP contribution in [0.25, 0.3) is 10.4 Å². The average molecular weight is 642 g/mol. The number of carboxylic acids is 1. The standard InChI is InChI=1S/C35H51N3O6S/c1-24-32(45-23-37-24)26-17-15-25(16-18-26)21-36-33(43)30-20-28(40)22-38(30)34(44)29(35(2,3)4)19-27(39)13-11-9-7-5-6-8-10-12-14-31(41)42/h15-18,23,28-30,40H,5-14,19-22H2,1-4H3,(H,36,43)(H,41,42)/t28-,29-,30+/m1/s1. The number of aliphatic hydroxyl groups excluding tert-OH is 1. The molecule has 2 amide bonds. The fourth-order valence-electron chi connectivity index (χ4n) is 5.92. The number of aromatic nitrogens is 1. The number of benzene rings is 1. The highest BCUT2D eigenvalue weighted by molar-refractivity contribution is 7.13. The van der Waals surface area contributed by atoms with E-state index < -0.39 is 29.4 Å². The highest BCUT2D eigenvalue weighted by atomic mass is 32.1. The number of nitrogens with one attached hydrogen (secondary N) is 1. The molecule has 1 fully saturated rings. The molecule has 3 rings (SSSR count). The van der Waals surface area contributed by atoms with Crippen molar-refractivity contribution in [2.75, 3.05) is 6.54 Å². The lowest BCUT2D eigenvalue weighted by Gasteiger charge is -2.34. The lowest BCUT2D eigenvalue weighted by Crippen LogP contribution is -2.50. The topological polar surface area (TPSA) is 137 Å². The van der Waals surface area contributed by atoms with Gasteiger partial charge in [-0.05, 0) is 36.3 Å². The maximum Gasteiger partial charge on any atom is 0.303 e. The summed E-state index contributed by atoms with van der Waals surface area (Å²) in [6.07, 6.45) is 7.76. The Morgan fingerprint density at radius 3 is 2.13 bits per heavy atom. The van der Waals surface area contributed by atoms with Crippen molar-refractivity contribution in [1.82, 2.24) is 15.2 Å². The number of ketones is 1. The van der Waals surface area contributed by atoms with Crippen LogP contribution in [0, 0.1) is 18.3 Å². The van der Waals surface area contributed by atoms with E-state index in [1.54, 1.807) is 11.3 Å². The second kappa shape index (κ2) is 17.5. The Balaban J connectivity index is 1.48. The summed E-state index contributed by atoms with van der Waals surface area (Å²) >= 11 is 1.59. The second-order valence-corrected chi connectivity index (χ2v) is 14.3. The van der Waals surface area contributed by atoms with Crippen molar-refractivity contribution in [3.05, 3.63) is 41.0 Å². The van der Waals surface area contributed by atoms with Crippen LogP contribution < -0.4 is 5.32 Å². The van der Waals surface area contributed by atoms with Crippen LogP contribution in [0.1, 0.15) is 109 Å². The maximum atomic E-state index is 13.8. The number of aliphatic carboxylic acids is 1. The van der Waals surface area contributed by atoms with E-state index in [1.165, 1.54) is 4.90 Å². The summed E-state index contributed by atoms with van der Waals surface area (Å²) in [7, 11) is 0. The minimum Gasteiger partial charge on any atom is -0.481 e. The minimum absolute atomic E-state index is 0.0506. The molecule has 1 saturated heterocycles. The van der Waals surface area contributed by atoms with Gasteiger partial charge in [-0.2, -0.15) is 0 Å². The highest BCUT2D eigenvalue weighted by Gasteiger charge is 2.44. The number of hydrogen-bond acceptors (Lipinski definition) is 7. The summed E-state index contributed by atoms with van der Waals surface area (Å²) < 4.78 is 0. The molecule has 3 N–H and O–H groups in total. The molecule has 0 unspecified atom stereocenters. The number of rotatable bonds is 18. The molecule has 0 aliphatic carbocycles. The number of hydrogen-bond donors (Lipinski definition) is 3. The van der Waals surface area contributed by atoms with Crippen LogP contribution in [-0.2, 0) is 25.7 Å². The zero-order valence-corrected chi connectivity index (χ0v) is 28.2. The van der Waals surface area contributed by atoms with Gasteiger partial charge in [0.2, 0.25) is 11.8 Å². The summed E-state index contributed by atoms with van der Waals surface area (Å²) in [6, 6.07) is 7.17. The number of thiazole rings is 1. The SMILES string of the molecule is Cc1ncsc1-c1ccc(CNC(=O)[C@@H]2C[C@@H](O)CN2C(=O)[C@@H](CC(=O)CCCCCCCCCCC(=O)O)C(C)(C)C)cc1. The van der Waals surface area contributed by atoms with Gasteiger partial charge in [0.15, 0.2) is 0 Å². The number of carbonyl (C=O) groups excluding carboxylic acids is 3. The van der Waals surface area contributed by atoms with Gasteiger partial charge in [0.05, 0.1) is 22.2 Å². The van der Waals surface area contributed by atoms with Gasteiger partial charge in [0, 0.05) is 44.7 Å². The number of carbonyl (C=O) groups is 4. The molecular formula is C35H51N3O6S. The zero-order chi connectivity index (χ0) is 33.0. The van der Waals surface area contributed by atoms with E-state index in [-0.39, 0.29) is 43.4 Å². The number of aliphatic hydroxyl groups is 1. The first kappa shape index (κ1) is 36.4. The van der Waals surface area contributed by atoms with Gasteiger partial charge in [-0.15, -0.1) is 11.3 Å². The van der Waals surface area contributed by atoms with E-state index in [0.717, 1.165) is 73.1 Å². The van der Waals surface area contributed by atoms with Crippen LogP contribution in [0.5, 0.6) is 0 Å². The van der Waals surface area contributed by atoms with Crippen molar-refractivity contribution >= 4 is 34.9 Å². The number of β-amino-alcohol motifs (C(OH)–C–C–N with tert-alkyl or cyclic N) is 1. The largest absolute Gasteiger partial charge is 0.481 e. The summed E-state index contributed by atoms with van der Waals surface area (Å²) in [5, 5.41) is 22.1. The molecule has 0 spiro atoms. The van der Waals surface area contributed by atoms with Crippen LogP contribution in [0.2, 0.25) is 0 Å². The van der Waals surface area contributed by atoms with Gasteiger partial charge in [0.1, 0.15) is 11.8 Å². The Hall–Kier alpha value is -3.11. The molecule has 9 nitrogen and oxygen atoms in total. The van der Waals surface area contributed by atoms with Gasteiger partial charge in [0.25, 0.3) is 0 Å². The Morgan fingerprint density at radius 1 is 0.978 bits per heavy atom. The minimum atomic E-state index is -0.792. The number of carboxylic acid groups (broad SMARTS) is 1. The van der Waals surface area contributed by atoms with E-state index in [0.29, 0.717) is 13.0 Å². The number of aryl methyl sites for hydroxylation is 1. The fraction of sp³-hybridized carbons (Fsp3) is 0.629. The highest BCUT2D eigenvalue weighted by Crippen LogP contribution is 2.34. The second-order valence-electron chi connectivity index (χ2n) is 13.5. The van der Waals surface area contributed by atoms with Gasteiger partial charge in [-0.1, -0.05) is 83.6 Å². The Labute approximate surface area is 271 Å². The summed E-state index contributed by atoms with van der Waals surface area (Å²) in [4.78, 5) is 57.6. The van der Waals surface area contributed by atoms with Crippen molar-refractivity contribution in [2.45, 2.75) is 123 Å². The Bertz CT molecular complexity index is 1270. The summed E-state index contributed by atoms with van der Waals surface area (Å²) in [5.74, 6) is -1.83. The third-order valence-corrected chi connectivity index (χ3v) is 9.64. The Kier molecular flexibility index (Phi) is 14.2. The van der Waals surface area contributed by atoms with Crippen molar-refractivity contribution in [2.24, 2.45) is 11.3 Å². The molecule has 248 valence electrons. The number of likely N-dealkylation sites (tertiary alicyclic amines) is 1. The predicted octanol–water partition coefficient (Wildman–Crippen LogP) is 6.30. The van der Waals surface area contributed by atoms with Gasteiger partial charge in [-0.3, -0.25) is 19.2 Å². The lowest BCUT2D eigenvalue weighted by molar-refractivity contribution is -0.146. The van der Waals surface area contributed by atoms with E-state index in [4.69, 9.17) is 5.11 Å². The van der Waals surface area contributed by atoms with Crippen LogP contribution in [0.15, 0.2) is 29.8 Å². The van der Waals surface area contributed by atoms with E-state index in [9.17, 15) is 24.3 Å². The molecule has 1 aliphatic rings. The predicted molar refractivity (Wildman–Crippen MR) is 177 cm³/mol. The lowest BCUT2D eigenvalue weighted by atomic mass is 9.76. The van der Waals surface area contributed by atoms with E-state index in [2.05, 4.69) is 10.3 Å². The summed E-state index contributed by atoms with van der Waals surface area (Å²) in [5.41, 5.74) is 4.32. The smallest absolute Gasteiger partial charge is 0.303 e. The molecule has 0 radical (unpaired) electrons. The van der Waals surface area contributed by atoms with Crippen molar-refractivity contribution in [3.8, 4) is 10.4 Å². The quantitative estimate of drug-likeness (QED) is 0.162. The molecule has 1 aromatic heterocycles. The molecule has 2 heterocycles. The first-order chi connectivity index (χ1) is 21.4. The fourth-order valence-corrected chi connectivity index (χ4v) is 6.73. The van der Waals surface area contributed by atoms with Gasteiger partial charge >= 0.3 is 5.97 Å². The molecule has 3 atom stereocenters. The number of Topliss-reactive ketones (excluding diaryl/α,β-unsaturated/α-hetero) is 1. The molecule has 1 aromatic carbocycles. The first-order valence-corrected chi connectivity index (χ1v) is 17.2. The number of amides is 2. The molecular weight excluding hydrogens is 590 g/mol. The molecule has 45 heavy (non-hydrogen) atoms. The van der Waals surface area contributed by atoms with Crippen molar-refractivity contribution in [1.29, 1.82) is 0 Å². The average Bonchev–Trinajstić information content (AvgIpc) is 3.60. The maximum absolute atomic E-state index is 13.8. The van der Waals surface area contributed by atoms with E-state index in [1.807, 2.05) is 57.5 Å². The van der Waals surface area contributed by atoms with Gasteiger partial charge in [-0.25, -0.2) is 4.98 Å². The molecule has 1 aliphatic heterocycles. The van der Waals surface area contributed by atoms with Crippen LogP contribution in [0.4, 0.5) is 0 Å². The monoisotopic (exact) mass is 641 g/mol. The van der Waals surface area contributed by atoms with Crippen molar-refractivity contribution in [3.63, 3.8) is 0 Å². The van der Waals surface area contributed by atoms with Gasteiger partial charge < -0.3 is 20.4 Å². The number of unbranched alkanes of at least 4 members (excludes halogenated alkanes) is 7. The molecule has 0 bridgehead atoms. The van der Waals surface area contributed by atoms with Crippen molar-refractivity contribution < 1.29 is 29.4 Å². The van der Waals surface area contributed by atoms with E-state index >= 15 is 0 Å². The molecule has 10 heteroatoms. The van der Waals surface area contributed by atoms with Crippen LogP contribution in [0.3, 0.4) is 0 Å². The van der Waals surface area contributed by atoms with Crippen LogP contribution >= 0.6 is 11.3 Å². The summed E-state index contributed by atoms with van der Waals surface area (Å²) in [6.45, 7) is 8.19. The third kappa shape index (κ3) is 11.6.